The van der Waals surface area contributed by atoms with Crippen LogP contribution in [0.15, 0.2) is 17.0 Å². The van der Waals surface area contributed by atoms with E-state index in [1.807, 2.05) is 13.0 Å². The number of carbonyl (C=O) groups is 1. The average molecular weight is 235 g/mol. The SMILES string of the molecule is CCOC(=O)c1cc(C#N)c(S)cc1CC. The van der Waals surface area contributed by atoms with Crippen molar-refractivity contribution < 1.29 is 9.53 Å². The fourth-order valence-electron chi connectivity index (χ4n) is 1.41. The highest BCUT2D eigenvalue weighted by atomic mass is 32.1. The number of carbonyl (C=O) groups excluding carboxylic acids is 1. The Kier molecular flexibility index (Phi) is 4.39. The Morgan fingerprint density at radius 2 is 2.19 bits per heavy atom. The fourth-order valence-corrected chi connectivity index (χ4v) is 1.68. The molecule has 0 aliphatic rings. The molecule has 0 fully saturated rings. The fraction of sp³-hybridized carbons (Fsp3) is 0.333. The van der Waals surface area contributed by atoms with Crippen LogP contribution in [0.3, 0.4) is 0 Å². The molecule has 0 saturated carbocycles. The predicted molar refractivity (Wildman–Crippen MR) is 63.7 cm³/mol. The summed E-state index contributed by atoms with van der Waals surface area (Å²) in [6, 6.07) is 5.28. The standard InChI is InChI=1S/C12H13NO2S/c1-3-8-6-11(16)9(7-13)5-10(8)12(14)15-4-2/h5-6,16H,3-4H2,1-2H3. The molecule has 0 aliphatic carbocycles. The van der Waals surface area contributed by atoms with Crippen molar-refractivity contribution in [3.8, 4) is 6.07 Å². The lowest BCUT2D eigenvalue weighted by Gasteiger charge is -2.09. The van der Waals surface area contributed by atoms with Gasteiger partial charge in [-0.3, -0.25) is 0 Å². The monoisotopic (exact) mass is 235 g/mol. The lowest BCUT2D eigenvalue weighted by atomic mass is 10.0. The molecule has 4 heteroatoms. The van der Waals surface area contributed by atoms with E-state index in [4.69, 9.17) is 10.00 Å². The van der Waals surface area contributed by atoms with Gasteiger partial charge in [-0.25, -0.2) is 4.79 Å². The second-order valence-corrected chi connectivity index (χ2v) is 3.69. The molecular formula is C12H13NO2S. The number of esters is 1. The summed E-state index contributed by atoms with van der Waals surface area (Å²) in [6.45, 7) is 4.02. The van der Waals surface area contributed by atoms with Gasteiger partial charge in [-0.15, -0.1) is 12.6 Å². The number of nitrogens with zero attached hydrogens (tertiary/aromatic N) is 1. The third kappa shape index (κ3) is 2.56. The van der Waals surface area contributed by atoms with Crippen molar-refractivity contribution in [2.24, 2.45) is 0 Å². The lowest BCUT2D eigenvalue weighted by molar-refractivity contribution is 0.0525. The van der Waals surface area contributed by atoms with E-state index in [1.54, 1.807) is 19.1 Å². The van der Waals surface area contributed by atoms with E-state index < -0.39 is 0 Å². The molecule has 0 saturated heterocycles. The van der Waals surface area contributed by atoms with Crippen LogP contribution >= 0.6 is 12.6 Å². The average Bonchev–Trinajstić information content (AvgIpc) is 2.28. The van der Waals surface area contributed by atoms with Crippen LogP contribution in [0.4, 0.5) is 0 Å². The van der Waals surface area contributed by atoms with E-state index in [2.05, 4.69) is 12.6 Å². The Morgan fingerprint density at radius 3 is 2.69 bits per heavy atom. The van der Waals surface area contributed by atoms with E-state index in [9.17, 15) is 4.79 Å². The summed E-state index contributed by atoms with van der Waals surface area (Å²) in [5, 5.41) is 8.87. The Labute approximate surface area is 100 Å². The van der Waals surface area contributed by atoms with Crippen LogP contribution in [0, 0.1) is 11.3 Å². The molecule has 1 rings (SSSR count). The summed E-state index contributed by atoms with van der Waals surface area (Å²) >= 11 is 4.19. The van der Waals surface area contributed by atoms with Gasteiger partial charge < -0.3 is 4.74 Å². The summed E-state index contributed by atoms with van der Waals surface area (Å²) in [7, 11) is 0. The van der Waals surface area contributed by atoms with Crippen molar-refractivity contribution in [3.63, 3.8) is 0 Å². The molecule has 0 amide bonds. The van der Waals surface area contributed by atoms with Crippen molar-refractivity contribution in [2.75, 3.05) is 6.61 Å². The lowest BCUT2D eigenvalue weighted by Crippen LogP contribution is -2.08. The highest BCUT2D eigenvalue weighted by molar-refractivity contribution is 7.80. The van der Waals surface area contributed by atoms with Crippen LogP contribution in [-0.2, 0) is 11.2 Å². The molecule has 16 heavy (non-hydrogen) atoms. The number of hydrogen-bond donors (Lipinski definition) is 1. The summed E-state index contributed by atoms with van der Waals surface area (Å²) < 4.78 is 4.94. The number of aryl methyl sites for hydroxylation is 1. The second kappa shape index (κ2) is 5.57. The number of benzene rings is 1. The quantitative estimate of drug-likeness (QED) is 0.647. The van der Waals surface area contributed by atoms with Crippen LogP contribution in [0.1, 0.15) is 35.3 Å². The largest absolute Gasteiger partial charge is 0.462 e. The van der Waals surface area contributed by atoms with Gasteiger partial charge in [0, 0.05) is 4.90 Å². The van der Waals surface area contributed by atoms with Gasteiger partial charge >= 0.3 is 5.97 Å². The molecule has 0 aromatic heterocycles. The minimum absolute atomic E-state index is 0.326. The first-order valence-electron chi connectivity index (χ1n) is 5.07. The summed E-state index contributed by atoms with van der Waals surface area (Å²) in [6.07, 6.45) is 0.702. The second-order valence-electron chi connectivity index (χ2n) is 3.21. The predicted octanol–water partition coefficient (Wildman–Crippen LogP) is 2.59. The highest BCUT2D eigenvalue weighted by Crippen LogP contribution is 2.21. The zero-order valence-corrected chi connectivity index (χ0v) is 10.2. The number of rotatable bonds is 3. The van der Waals surface area contributed by atoms with Crippen molar-refractivity contribution in [2.45, 2.75) is 25.2 Å². The Bertz CT molecular complexity index is 449. The van der Waals surface area contributed by atoms with Gasteiger partial charge in [0.1, 0.15) is 6.07 Å². The van der Waals surface area contributed by atoms with Crippen molar-refractivity contribution >= 4 is 18.6 Å². The molecular weight excluding hydrogens is 222 g/mol. The molecule has 0 heterocycles. The van der Waals surface area contributed by atoms with Gasteiger partial charge in [-0.05, 0) is 31.0 Å². The molecule has 0 bridgehead atoms. The van der Waals surface area contributed by atoms with Crippen LogP contribution in [-0.4, -0.2) is 12.6 Å². The molecule has 0 atom stereocenters. The van der Waals surface area contributed by atoms with Crippen LogP contribution < -0.4 is 0 Å². The van der Waals surface area contributed by atoms with Gasteiger partial charge in [0.15, 0.2) is 0 Å². The molecule has 84 valence electrons. The van der Waals surface area contributed by atoms with Gasteiger partial charge in [-0.1, -0.05) is 6.92 Å². The number of thiol groups is 1. The van der Waals surface area contributed by atoms with Crippen LogP contribution in [0.5, 0.6) is 0 Å². The third-order valence-electron chi connectivity index (χ3n) is 2.22. The highest BCUT2D eigenvalue weighted by Gasteiger charge is 2.14. The minimum atomic E-state index is -0.385. The minimum Gasteiger partial charge on any atom is -0.462 e. The normalized spacial score (nSPS) is 9.62. The van der Waals surface area contributed by atoms with Crippen LogP contribution in [0.25, 0.3) is 0 Å². The zero-order chi connectivity index (χ0) is 12.1. The van der Waals surface area contributed by atoms with E-state index in [0.717, 1.165) is 5.56 Å². The van der Waals surface area contributed by atoms with Crippen molar-refractivity contribution in [1.82, 2.24) is 0 Å². The first-order valence-corrected chi connectivity index (χ1v) is 5.51. The van der Waals surface area contributed by atoms with Gasteiger partial charge in [-0.2, -0.15) is 5.26 Å². The summed E-state index contributed by atoms with van der Waals surface area (Å²) in [5.41, 5.74) is 1.70. The molecule has 0 unspecified atom stereocenters. The third-order valence-corrected chi connectivity index (χ3v) is 2.59. The zero-order valence-electron chi connectivity index (χ0n) is 9.28. The van der Waals surface area contributed by atoms with Crippen LogP contribution in [0.2, 0.25) is 0 Å². The van der Waals surface area contributed by atoms with E-state index in [0.29, 0.717) is 29.1 Å². The maximum absolute atomic E-state index is 11.6. The number of hydrogen-bond acceptors (Lipinski definition) is 4. The van der Waals surface area contributed by atoms with Gasteiger partial charge in [0.05, 0.1) is 17.7 Å². The van der Waals surface area contributed by atoms with Gasteiger partial charge in [0.25, 0.3) is 0 Å². The first kappa shape index (κ1) is 12.6. The van der Waals surface area contributed by atoms with Crippen molar-refractivity contribution in [1.29, 1.82) is 5.26 Å². The molecule has 0 radical (unpaired) electrons. The van der Waals surface area contributed by atoms with Crippen molar-refractivity contribution in [3.05, 3.63) is 28.8 Å². The Hall–Kier alpha value is -1.47. The molecule has 1 aromatic carbocycles. The summed E-state index contributed by atoms with van der Waals surface area (Å²) in [5.74, 6) is -0.385. The molecule has 1 aromatic rings. The van der Waals surface area contributed by atoms with Gasteiger partial charge in [0.2, 0.25) is 0 Å². The topological polar surface area (TPSA) is 50.1 Å². The Balaban J connectivity index is 3.26. The first-order chi connectivity index (χ1) is 7.63. The Morgan fingerprint density at radius 1 is 1.50 bits per heavy atom. The van der Waals surface area contributed by atoms with E-state index in [1.165, 1.54) is 0 Å². The smallest absolute Gasteiger partial charge is 0.338 e. The van der Waals surface area contributed by atoms with E-state index in [-0.39, 0.29) is 5.97 Å². The molecule has 0 N–H and O–H groups in total. The molecule has 3 nitrogen and oxygen atoms in total. The molecule has 0 spiro atoms. The van der Waals surface area contributed by atoms with E-state index >= 15 is 0 Å². The number of ether oxygens (including phenoxy) is 1. The maximum Gasteiger partial charge on any atom is 0.338 e. The maximum atomic E-state index is 11.6. The summed E-state index contributed by atoms with van der Waals surface area (Å²) in [4.78, 5) is 12.2. The number of nitriles is 1. The molecule has 0 aliphatic heterocycles.